The highest BCUT2D eigenvalue weighted by atomic mass is 19.2. The summed E-state index contributed by atoms with van der Waals surface area (Å²) in [5.74, 6) is -1.90. The molecule has 1 aliphatic heterocycles. The van der Waals surface area contributed by atoms with Crippen LogP contribution in [0, 0.1) is 11.6 Å². The smallest absolute Gasteiger partial charge is 0.244 e. The van der Waals surface area contributed by atoms with Crippen molar-refractivity contribution in [3.63, 3.8) is 0 Å². The molecule has 1 fully saturated rings. The Morgan fingerprint density at radius 1 is 1.35 bits per heavy atom. The molecule has 0 radical (unpaired) electrons. The van der Waals surface area contributed by atoms with Crippen LogP contribution in [0.15, 0.2) is 12.1 Å². The van der Waals surface area contributed by atoms with E-state index in [1.54, 1.807) is 30.5 Å². The molecule has 6 nitrogen and oxygen atoms in total. The molecule has 1 amide bonds. The van der Waals surface area contributed by atoms with Crippen molar-refractivity contribution in [2.75, 3.05) is 32.1 Å². The van der Waals surface area contributed by atoms with E-state index in [0.29, 0.717) is 18.0 Å². The number of fused-ring (bicyclic) bond motifs is 1. The van der Waals surface area contributed by atoms with Gasteiger partial charge in [-0.2, -0.15) is 0 Å². The zero-order valence-electron chi connectivity index (χ0n) is 14.9. The zero-order valence-corrected chi connectivity index (χ0v) is 14.9. The number of piperidine rings is 1. The Kier molecular flexibility index (Phi) is 4.83. The molecule has 1 saturated heterocycles. The maximum absolute atomic E-state index is 13.8. The van der Waals surface area contributed by atoms with Gasteiger partial charge in [0.1, 0.15) is 12.2 Å². The molecular formula is C17H22F3N5O. The van der Waals surface area contributed by atoms with Gasteiger partial charge < -0.3 is 15.5 Å². The lowest BCUT2D eigenvalue weighted by atomic mass is 10.1. The van der Waals surface area contributed by atoms with E-state index >= 15 is 0 Å². The van der Waals surface area contributed by atoms with Crippen molar-refractivity contribution in [3.05, 3.63) is 23.8 Å². The summed E-state index contributed by atoms with van der Waals surface area (Å²) in [7, 11) is 3.23. The summed E-state index contributed by atoms with van der Waals surface area (Å²) in [6.07, 6.45) is -0.886. The van der Waals surface area contributed by atoms with Gasteiger partial charge in [0.05, 0.1) is 17.1 Å². The molecule has 0 saturated carbocycles. The van der Waals surface area contributed by atoms with Crippen LogP contribution in [-0.2, 0) is 4.79 Å². The molecule has 3 atom stereocenters. The molecule has 2 heterocycles. The van der Waals surface area contributed by atoms with E-state index in [4.69, 9.17) is 5.73 Å². The molecule has 2 aromatic rings. The van der Waals surface area contributed by atoms with Gasteiger partial charge in [0.15, 0.2) is 11.6 Å². The summed E-state index contributed by atoms with van der Waals surface area (Å²) < 4.78 is 42.8. The van der Waals surface area contributed by atoms with Gasteiger partial charge in [0.25, 0.3) is 0 Å². The van der Waals surface area contributed by atoms with Gasteiger partial charge in [-0.15, -0.1) is 0 Å². The minimum absolute atomic E-state index is 0.207. The summed E-state index contributed by atoms with van der Waals surface area (Å²) >= 11 is 0. The predicted molar refractivity (Wildman–Crippen MR) is 92.8 cm³/mol. The fourth-order valence-electron chi connectivity index (χ4n) is 3.30. The molecule has 0 unspecified atom stereocenters. The van der Waals surface area contributed by atoms with Crippen LogP contribution in [0.4, 0.5) is 19.1 Å². The number of rotatable bonds is 3. The van der Waals surface area contributed by atoms with E-state index in [2.05, 4.69) is 4.98 Å². The predicted octanol–water partition coefficient (Wildman–Crippen LogP) is 1.84. The summed E-state index contributed by atoms with van der Waals surface area (Å²) in [5.41, 5.74) is 6.37. The molecule has 26 heavy (non-hydrogen) atoms. The molecule has 142 valence electrons. The van der Waals surface area contributed by atoms with Gasteiger partial charge in [-0.25, -0.2) is 18.2 Å². The van der Waals surface area contributed by atoms with E-state index in [0.717, 1.165) is 12.1 Å². The Morgan fingerprint density at radius 3 is 2.62 bits per heavy atom. The number of benzene rings is 1. The summed E-state index contributed by atoms with van der Waals surface area (Å²) in [4.78, 5) is 20.1. The Hall–Kier alpha value is -2.29. The number of nitrogens with zero attached hydrogens (tertiary/aromatic N) is 4. The highest BCUT2D eigenvalue weighted by Gasteiger charge is 2.32. The fraction of sp³-hybridized carbons (Fsp3) is 0.529. The first-order valence-corrected chi connectivity index (χ1v) is 8.43. The number of amides is 1. The standard InChI is InChI=1S/C17H22F3N5O/c1-9(16(26)23(2)3)25-15-7-12(20)11(19)6-14(15)22-17(25)24-5-4-10(18)13(21)8-24/h6-7,9-10,13H,4-5,8,21H2,1-3H3/t9-,10-,13-/m1/s1. The maximum Gasteiger partial charge on any atom is 0.244 e. The van der Waals surface area contributed by atoms with E-state index in [-0.39, 0.29) is 24.4 Å². The minimum atomic E-state index is -1.11. The third-order valence-electron chi connectivity index (χ3n) is 4.75. The van der Waals surface area contributed by atoms with Crippen molar-refractivity contribution in [2.45, 2.75) is 31.6 Å². The van der Waals surface area contributed by atoms with E-state index < -0.39 is 29.9 Å². The van der Waals surface area contributed by atoms with Crippen molar-refractivity contribution in [1.82, 2.24) is 14.5 Å². The number of nitrogens with two attached hydrogens (primary N) is 1. The summed E-state index contributed by atoms with van der Waals surface area (Å²) in [6, 6.07) is 0.640. The van der Waals surface area contributed by atoms with Crippen molar-refractivity contribution < 1.29 is 18.0 Å². The minimum Gasteiger partial charge on any atom is -0.347 e. The highest BCUT2D eigenvalue weighted by Crippen LogP contribution is 2.31. The van der Waals surface area contributed by atoms with Gasteiger partial charge in [0, 0.05) is 39.3 Å². The van der Waals surface area contributed by atoms with Gasteiger partial charge in [-0.05, 0) is 13.3 Å². The quantitative estimate of drug-likeness (QED) is 0.897. The maximum atomic E-state index is 13.8. The van der Waals surface area contributed by atoms with Crippen LogP contribution in [0.5, 0.6) is 0 Å². The van der Waals surface area contributed by atoms with Gasteiger partial charge in [-0.3, -0.25) is 9.36 Å². The zero-order chi connectivity index (χ0) is 19.2. The second-order valence-corrected chi connectivity index (χ2v) is 6.86. The number of hydrogen-bond donors (Lipinski definition) is 1. The second-order valence-electron chi connectivity index (χ2n) is 6.86. The number of anilines is 1. The van der Waals surface area contributed by atoms with Crippen LogP contribution in [0.2, 0.25) is 0 Å². The number of aromatic nitrogens is 2. The molecule has 1 aliphatic rings. The van der Waals surface area contributed by atoms with E-state index in [1.165, 1.54) is 4.90 Å². The lowest BCUT2D eigenvalue weighted by Gasteiger charge is -2.35. The first-order chi connectivity index (χ1) is 12.2. The number of carbonyl (C=O) groups is 1. The first kappa shape index (κ1) is 18.5. The molecule has 0 spiro atoms. The highest BCUT2D eigenvalue weighted by molar-refractivity contribution is 5.85. The second kappa shape index (κ2) is 6.79. The molecular weight excluding hydrogens is 347 g/mol. The van der Waals surface area contributed by atoms with Crippen LogP contribution in [0.1, 0.15) is 19.4 Å². The van der Waals surface area contributed by atoms with Crippen LogP contribution >= 0.6 is 0 Å². The Labute approximate surface area is 149 Å². The number of hydrogen-bond acceptors (Lipinski definition) is 4. The number of alkyl halides is 1. The SMILES string of the molecule is C[C@H](C(=O)N(C)C)n1c(N2CC[C@@H](F)[C@H](N)C2)nc2cc(F)c(F)cc21. The van der Waals surface area contributed by atoms with Gasteiger partial charge in [0.2, 0.25) is 11.9 Å². The molecule has 0 aliphatic carbocycles. The van der Waals surface area contributed by atoms with Crippen molar-refractivity contribution in [2.24, 2.45) is 5.73 Å². The molecule has 1 aromatic carbocycles. The summed E-state index contributed by atoms with van der Waals surface area (Å²) in [5, 5.41) is 0. The van der Waals surface area contributed by atoms with Crippen molar-refractivity contribution in [1.29, 1.82) is 0 Å². The Morgan fingerprint density at radius 2 is 2.00 bits per heavy atom. The molecule has 9 heteroatoms. The topological polar surface area (TPSA) is 67.4 Å². The summed E-state index contributed by atoms with van der Waals surface area (Å²) in [6.45, 7) is 2.22. The van der Waals surface area contributed by atoms with Crippen molar-refractivity contribution >= 4 is 22.9 Å². The third-order valence-corrected chi connectivity index (χ3v) is 4.75. The monoisotopic (exact) mass is 369 g/mol. The molecule has 0 bridgehead atoms. The Balaban J connectivity index is 2.15. The van der Waals surface area contributed by atoms with Crippen molar-refractivity contribution in [3.8, 4) is 0 Å². The third kappa shape index (κ3) is 3.11. The molecule has 1 aromatic heterocycles. The van der Waals surface area contributed by atoms with Gasteiger partial charge >= 0.3 is 0 Å². The van der Waals surface area contributed by atoms with Crippen LogP contribution in [0.25, 0.3) is 11.0 Å². The average Bonchev–Trinajstić information content (AvgIpc) is 2.94. The van der Waals surface area contributed by atoms with E-state index in [9.17, 15) is 18.0 Å². The van der Waals surface area contributed by atoms with Crippen LogP contribution in [0.3, 0.4) is 0 Å². The first-order valence-electron chi connectivity index (χ1n) is 8.43. The van der Waals surface area contributed by atoms with E-state index in [1.807, 2.05) is 0 Å². The number of carbonyl (C=O) groups excluding carboxylic acids is 1. The van der Waals surface area contributed by atoms with Crippen LogP contribution < -0.4 is 10.6 Å². The van der Waals surface area contributed by atoms with Gasteiger partial charge in [-0.1, -0.05) is 0 Å². The number of likely N-dealkylation sites (N-methyl/N-ethyl adjacent to an activating group) is 1. The van der Waals surface area contributed by atoms with Crippen LogP contribution in [-0.4, -0.2) is 59.8 Å². The molecule has 2 N–H and O–H groups in total. The Bertz CT molecular complexity index is 837. The molecule has 3 rings (SSSR count). The average molecular weight is 369 g/mol. The number of imidazole rings is 1. The lowest BCUT2D eigenvalue weighted by molar-refractivity contribution is -0.131. The fourth-order valence-corrected chi connectivity index (χ4v) is 3.30. The lowest BCUT2D eigenvalue weighted by Crippen LogP contribution is -2.50. The largest absolute Gasteiger partial charge is 0.347 e. The number of halogens is 3. The normalized spacial score (nSPS) is 21.9.